The minimum absolute atomic E-state index is 0.159. The largest absolute Gasteiger partial charge is 0.320 e. The third-order valence-corrected chi connectivity index (χ3v) is 4.02. The molecule has 0 atom stereocenters. The number of aryl methyl sites for hydroxylation is 2. The van der Waals surface area contributed by atoms with Crippen molar-refractivity contribution in [1.29, 1.82) is 0 Å². The zero-order valence-corrected chi connectivity index (χ0v) is 14.1. The van der Waals surface area contributed by atoms with Gasteiger partial charge in [-0.05, 0) is 43.2 Å². The van der Waals surface area contributed by atoms with E-state index in [4.69, 9.17) is 11.6 Å². The van der Waals surface area contributed by atoms with E-state index in [1.165, 1.54) is 4.40 Å². The van der Waals surface area contributed by atoms with Crippen LogP contribution in [0.3, 0.4) is 0 Å². The van der Waals surface area contributed by atoms with Crippen molar-refractivity contribution in [3.05, 3.63) is 74.8 Å². The summed E-state index contributed by atoms with van der Waals surface area (Å²) in [6.45, 7) is 3.60. The molecule has 6 heteroatoms. The van der Waals surface area contributed by atoms with Crippen LogP contribution in [0.1, 0.15) is 16.8 Å². The van der Waals surface area contributed by atoms with Crippen molar-refractivity contribution in [3.63, 3.8) is 0 Å². The van der Waals surface area contributed by atoms with E-state index in [9.17, 15) is 9.59 Å². The topological polar surface area (TPSA) is 63.5 Å². The normalized spacial score (nSPS) is 10.8. The Balaban J connectivity index is 1.91. The van der Waals surface area contributed by atoms with Crippen molar-refractivity contribution in [1.82, 2.24) is 9.38 Å². The summed E-state index contributed by atoms with van der Waals surface area (Å²) in [4.78, 5) is 29.3. The van der Waals surface area contributed by atoms with Gasteiger partial charge in [0, 0.05) is 11.2 Å². The first-order chi connectivity index (χ1) is 11.5. The summed E-state index contributed by atoms with van der Waals surface area (Å²) in [6, 6.07) is 10.7. The Morgan fingerprint density at radius 1 is 1.21 bits per heavy atom. The Morgan fingerprint density at radius 2 is 1.92 bits per heavy atom. The molecule has 0 radical (unpaired) electrons. The second-order valence-electron chi connectivity index (χ2n) is 5.61. The van der Waals surface area contributed by atoms with Crippen LogP contribution in [-0.4, -0.2) is 15.3 Å². The number of carbonyl (C=O) groups is 1. The highest BCUT2D eigenvalue weighted by atomic mass is 35.5. The molecule has 5 nitrogen and oxygen atoms in total. The van der Waals surface area contributed by atoms with Crippen molar-refractivity contribution in [3.8, 4) is 0 Å². The van der Waals surface area contributed by atoms with Crippen LogP contribution in [-0.2, 0) is 11.2 Å². The van der Waals surface area contributed by atoms with Gasteiger partial charge >= 0.3 is 0 Å². The van der Waals surface area contributed by atoms with Crippen LogP contribution in [0.25, 0.3) is 5.65 Å². The number of aromatic nitrogens is 2. The SMILES string of the molecule is Cc1nc2c(C)cccn2c(=O)c1NC(=O)Cc1ccc(Cl)cc1. The maximum absolute atomic E-state index is 12.6. The van der Waals surface area contributed by atoms with Crippen molar-refractivity contribution >= 4 is 28.8 Å². The number of hydrogen-bond acceptors (Lipinski definition) is 3. The summed E-state index contributed by atoms with van der Waals surface area (Å²) in [5.41, 5.74) is 2.73. The summed E-state index contributed by atoms with van der Waals surface area (Å²) in [6.07, 6.45) is 1.80. The van der Waals surface area contributed by atoms with Crippen LogP contribution < -0.4 is 10.9 Å². The van der Waals surface area contributed by atoms with E-state index in [1.807, 2.05) is 13.0 Å². The second kappa shape index (κ2) is 6.45. The first-order valence-electron chi connectivity index (χ1n) is 7.48. The van der Waals surface area contributed by atoms with Crippen molar-refractivity contribution in [2.75, 3.05) is 5.32 Å². The Kier molecular flexibility index (Phi) is 4.36. The first kappa shape index (κ1) is 16.2. The lowest BCUT2D eigenvalue weighted by atomic mass is 10.1. The fraction of sp³-hybridized carbons (Fsp3) is 0.167. The maximum atomic E-state index is 12.6. The molecule has 0 saturated heterocycles. The van der Waals surface area contributed by atoms with Gasteiger partial charge in [-0.3, -0.25) is 14.0 Å². The van der Waals surface area contributed by atoms with Crippen molar-refractivity contribution < 1.29 is 4.79 Å². The fourth-order valence-electron chi connectivity index (χ4n) is 2.52. The van der Waals surface area contributed by atoms with Crippen molar-refractivity contribution in [2.45, 2.75) is 20.3 Å². The van der Waals surface area contributed by atoms with E-state index >= 15 is 0 Å². The quantitative estimate of drug-likeness (QED) is 0.796. The zero-order valence-electron chi connectivity index (χ0n) is 13.3. The molecule has 0 saturated carbocycles. The third kappa shape index (κ3) is 3.16. The summed E-state index contributed by atoms with van der Waals surface area (Å²) < 4.78 is 1.44. The smallest absolute Gasteiger partial charge is 0.281 e. The molecule has 0 aliphatic carbocycles. The number of carbonyl (C=O) groups excluding carboxylic acids is 1. The molecule has 3 aromatic rings. The van der Waals surface area contributed by atoms with Gasteiger partial charge in [0.2, 0.25) is 5.91 Å². The minimum atomic E-state index is -0.286. The van der Waals surface area contributed by atoms with Gasteiger partial charge in [-0.1, -0.05) is 29.8 Å². The Labute approximate surface area is 143 Å². The van der Waals surface area contributed by atoms with E-state index < -0.39 is 0 Å². The van der Waals surface area contributed by atoms with Crippen LogP contribution in [0.5, 0.6) is 0 Å². The molecule has 2 aromatic heterocycles. The van der Waals surface area contributed by atoms with E-state index in [0.29, 0.717) is 16.4 Å². The molecule has 0 bridgehead atoms. The molecule has 0 unspecified atom stereocenters. The van der Waals surface area contributed by atoms with E-state index in [1.54, 1.807) is 43.5 Å². The molecule has 0 fully saturated rings. The molecule has 1 N–H and O–H groups in total. The average Bonchev–Trinajstić information content (AvgIpc) is 2.55. The zero-order chi connectivity index (χ0) is 17.3. The summed E-state index contributed by atoms with van der Waals surface area (Å²) in [5, 5.41) is 3.30. The van der Waals surface area contributed by atoms with Crippen LogP contribution >= 0.6 is 11.6 Å². The lowest BCUT2D eigenvalue weighted by molar-refractivity contribution is -0.115. The van der Waals surface area contributed by atoms with Crippen LogP contribution in [0.15, 0.2) is 47.4 Å². The number of pyridine rings is 1. The van der Waals surface area contributed by atoms with Gasteiger partial charge in [-0.2, -0.15) is 0 Å². The molecule has 1 aromatic carbocycles. The minimum Gasteiger partial charge on any atom is -0.320 e. The molecule has 0 aliphatic rings. The van der Waals surface area contributed by atoms with Gasteiger partial charge in [0.15, 0.2) is 0 Å². The molecule has 0 aliphatic heterocycles. The number of nitrogens with one attached hydrogen (secondary N) is 1. The number of halogens is 1. The predicted molar refractivity (Wildman–Crippen MR) is 94.7 cm³/mol. The summed E-state index contributed by atoms with van der Waals surface area (Å²) >= 11 is 5.83. The monoisotopic (exact) mass is 341 g/mol. The molecule has 122 valence electrons. The molecular formula is C18H16ClN3O2. The third-order valence-electron chi connectivity index (χ3n) is 3.77. The second-order valence-corrected chi connectivity index (χ2v) is 6.05. The molecule has 0 spiro atoms. The summed E-state index contributed by atoms with van der Waals surface area (Å²) in [5.74, 6) is -0.271. The summed E-state index contributed by atoms with van der Waals surface area (Å²) in [7, 11) is 0. The Hall–Kier alpha value is -2.66. The Bertz CT molecular complexity index is 978. The molecule has 1 amide bonds. The average molecular weight is 342 g/mol. The number of benzene rings is 1. The first-order valence-corrected chi connectivity index (χ1v) is 7.86. The van der Waals surface area contributed by atoms with Crippen LogP contribution in [0.4, 0.5) is 5.69 Å². The van der Waals surface area contributed by atoms with Crippen LogP contribution in [0.2, 0.25) is 5.02 Å². The number of rotatable bonds is 3. The number of nitrogens with zero attached hydrogens (tertiary/aromatic N) is 2. The van der Waals surface area contributed by atoms with Gasteiger partial charge in [-0.15, -0.1) is 0 Å². The highest BCUT2D eigenvalue weighted by Gasteiger charge is 2.14. The molecule has 2 heterocycles. The molecule has 24 heavy (non-hydrogen) atoms. The van der Waals surface area contributed by atoms with Crippen molar-refractivity contribution in [2.24, 2.45) is 0 Å². The predicted octanol–water partition coefficient (Wildman–Crippen LogP) is 3.15. The van der Waals surface area contributed by atoms with Gasteiger partial charge in [0.05, 0.1) is 12.1 Å². The maximum Gasteiger partial charge on any atom is 0.281 e. The standard InChI is InChI=1S/C18H16ClN3O2/c1-11-4-3-9-22-17(11)20-12(2)16(18(22)24)21-15(23)10-13-5-7-14(19)8-6-13/h3-9H,10H2,1-2H3,(H,21,23). The van der Waals surface area contributed by atoms with Gasteiger partial charge in [0.1, 0.15) is 11.3 Å². The molecule has 3 rings (SSSR count). The highest BCUT2D eigenvalue weighted by Crippen LogP contribution is 2.13. The lowest BCUT2D eigenvalue weighted by Gasteiger charge is -2.10. The number of amides is 1. The van der Waals surface area contributed by atoms with E-state index in [-0.39, 0.29) is 23.6 Å². The number of fused-ring (bicyclic) bond motifs is 1. The number of hydrogen-bond donors (Lipinski definition) is 1. The number of anilines is 1. The lowest BCUT2D eigenvalue weighted by Crippen LogP contribution is -2.26. The highest BCUT2D eigenvalue weighted by molar-refractivity contribution is 6.30. The van der Waals surface area contributed by atoms with Gasteiger partial charge in [-0.25, -0.2) is 4.98 Å². The molecular weight excluding hydrogens is 326 g/mol. The van der Waals surface area contributed by atoms with Gasteiger partial charge < -0.3 is 5.32 Å². The van der Waals surface area contributed by atoms with E-state index in [0.717, 1.165) is 11.1 Å². The van der Waals surface area contributed by atoms with E-state index in [2.05, 4.69) is 10.3 Å². The van der Waals surface area contributed by atoms with Crippen LogP contribution in [0, 0.1) is 13.8 Å². The fourth-order valence-corrected chi connectivity index (χ4v) is 2.65. The van der Waals surface area contributed by atoms with Gasteiger partial charge in [0.25, 0.3) is 5.56 Å². The Morgan fingerprint density at radius 3 is 2.62 bits per heavy atom.